The number of nitro groups is 1. The number of carbonyl (C=O) groups excluding carboxylic acids is 1. The molecule has 2 aromatic carbocycles. The molecule has 1 aliphatic rings. The average Bonchev–Trinajstić information content (AvgIpc) is 3.10. The highest BCUT2D eigenvalue weighted by Gasteiger charge is 2.33. The molecular formula is C23H17FIN3O6S. The number of phenols is 1. The number of thiazole rings is 1. The number of allylic oxidation sites excluding steroid dienone is 1. The number of nitro benzene ring substituents is 1. The van der Waals surface area contributed by atoms with E-state index in [-0.39, 0.29) is 20.3 Å². The van der Waals surface area contributed by atoms with Crippen LogP contribution in [0.25, 0.3) is 6.08 Å². The van der Waals surface area contributed by atoms with Gasteiger partial charge in [0.2, 0.25) is 5.75 Å². The smallest absolute Gasteiger partial charge is 0.338 e. The van der Waals surface area contributed by atoms with Gasteiger partial charge in [-0.15, -0.1) is 0 Å². The molecule has 0 unspecified atom stereocenters. The maximum absolute atomic E-state index is 13.6. The first-order valence-corrected chi connectivity index (χ1v) is 12.1. The molecule has 35 heavy (non-hydrogen) atoms. The minimum atomic E-state index is -0.901. The molecule has 12 heteroatoms. The van der Waals surface area contributed by atoms with E-state index in [9.17, 15) is 29.2 Å². The van der Waals surface area contributed by atoms with Crippen LogP contribution in [-0.2, 0) is 9.53 Å². The summed E-state index contributed by atoms with van der Waals surface area (Å²) in [4.78, 5) is 41.7. The van der Waals surface area contributed by atoms with Gasteiger partial charge in [-0.25, -0.2) is 14.2 Å². The number of hydrogen-bond donors (Lipinski definition) is 1. The normalized spacial score (nSPS) is 15.5. The minimum Gasteiger partial charge on any atom is -0.501 e. The zero-order valence-corrected chi connectivity index (χ0v) is 21.3. The SMILES string of the molecule is CCOC(=O)C1=C(C)N=c2s/c(=C\c3cc(I)c(O)c([N+](=O)[O-])c3)c(=O)n2[C@@H]1c1ccc(F)cc1. The van der Waals surface area contributed by atoms with Crippen LogP contribution in [0.3, 0.4) is 0 Å². The number of rotatable bonds is 5. The lowest BCUT2D eigenvalue weighted by molar-refractivity contribution is -0.386. The Labute approximate surface area is 214 Å². The van der Waals surface area contributed by atoms with E-state index in [1.54, 1.807) is 36.4 Å². The van der Waals surface area contributed by atoms with Crippen molar-refractivity contribution in [2.75, 3.05) is 6.61 Å². The maximum Gasteiger partial charge on any atom is 0.338 e. The van der Waals surface area contributed by atoms with Gasteiger partial charge in [-0.3, -0.25) is 19.5 Å². The van der Waals surface area contributed by atoms with Gasteiger partial charge >= 0.3 is 11.7 Å². The zero-order valence-electron chi connectivity index (χ0n) is 18.3. The van der Waals surface area contributed by atoms with Gasteiger partial charge in [-0.05, 0) is 71.8 Å². The number of hydrogen-bond acceptors (Lipinski definition) is 8. The number of fused-ring (bicyclic) bond motifs is 1. The van der Waals surface area contributed by atoms with Crippen LogP contribution in [0.4, 0.5) is 10.1 Å². The summed E-state index contributed by atoms with van der Waals surface area (Å²) in [6, 6.07) is 7.22. The monoisotopic (exact) mass is 609 g/mol. The van der Waals surface area contributed by atoms with Crippen LogP contribution >= 0.6 is 33.9 Å². The molecule has 0 saturated carbocycles. The summed E-state index contributed by atoms with van der Waals surface area (Å²) < 4.78 is 20.6. The van der Waals surface area contributed by atoms with Gasteiger partial charge in [0.1, 0.15) is 5.82 Å². The Hall–Kier alpha value is -3.39. The first-order valence-electron chi connectivity index (χ1n) is 10.2. The number of phenolic OH excluding ortho intramolecular Hbond substituents is 1. The molecule has 0 aliphatic carbocycles. The van der Waals surface area contributed by atoms with Crippen molar-refractivity contribution in [3.05, 3.63) is 98.0 Å². The van der Waals surface area contributed by atoms with E-state index < -0.39 is 39.7 Å². The van der Waals surface area contributed by atoms with E-state index in [0.717, 1.165) is 11.3 Å². The third-order valence-electron chi connectivity index (χ3n) is 5.26. The summed E-state index contributed by atoms with van der Waals surface area (Å²) in [5.41, 5.74) is 0.381. The standard InChI is InChI=1S/C23H17FIN3O6S/c1-3-34-22(31)18-11(2)26-23-27(19(18)13-4-6-14(24)7-5-13)21(30)17(35-23)10-12-8-15(25)20(29)16(9-12)28(32)33/h4-10,19,29H,3H2,1-2H3/b17-10-/t19-/m1/s1. The van der Waals surface area contributed by atoms with Crippen molar-refractivity contribution in [3.8, 4) is 5.75 Å². The Morgan fingerprint density at radius 1 is 1.37 bits per heavy atom. The van der Waals surface area contributed by atoms with E-state index >= 15 is 0 Å². The Morgan fingerprint density at radius 3 is 2.69 bits per heavy atom. The van der Waals surface area contributed by atoms with Crippen molar-refractivity contribution in [2.45, 2.75) is 19.9 Å². The number of carbonyl (C=O) groups is 1. The lowest BCUT2D eigenvalue weighted by Gasteiger charge is -2.24. The second-order valence-electron chi connectivity index (χ2n) is 7.48. The highest BCUT2D eigenvalue weighted by molar-refractivity contribution is 14.1. The van der Waals surface area contributed by atoms with Crippen LogP contribution < -0.4 is 14.9 Å². The van der Waals surface area contributed by atoms with Crippen molar-refractivity contribution in [3.63, 3.8) is 0 Å². The highest BCUT2D eigenvalue weighted by atomic mass is 127. The fourth-order valence-electron chi connectivity index (χ4n) is 3.73. The van der Waals surface area contributed by atoms with Crippen molar-refractivity contribution >= 4 is 51.7 Å². The van der Waals surface area contributed by atoms with E-state index in [4.69, 9.17) is 4.74 Å². The molecule has 2 heterocycles. The molecular weight excluding hydrogens is 592 g/mol. The molecule has 180 valence electrons. The molecule has 3 aromatic rings. The quantitative estimate of drug-likeness (QED) is 0.205. The first kappa shape index (κ1) is 24.7. The number of ether oxygens (including phenoxy) is 1. The molecule has 0 bridgehead atoms. The topological polar surface area (TPSA) is 124 Å². The number of esters is 1. The largest absolute Gasteiger partial charge is 0.501 e. The van der Waals surface area contributed by atoms with E-state index in [2.05, 4.69) is 4.99 Å². The molecule has 1 aliphatic heterocycles. The zero-order chi connectivity index (χ0) is 25.4. The minimum absolute atomic E-state index is 0.119. The number of halogens is 2. The first-order chi connectivity index (χ1) is 16.6. The second kappa shape index (κ2) is 9.70. The summed E-state index contributed by atoms with van der Waals surface area (Å²) in [6.07, 6.45) is 1.46. The van der Waals surface area contributed by atoms with Gasteiger partial charge in [0.25, 0.3) is 5.56 Å². The molecule has 0 saturated heterocycles. The number of aromatic nitrogens is 1. The summed E-state index contributed by atoms with van der Waals surface area (Å²) >= 11 is 2.82. The molecule has 9 nitrogen and oxygen atoms in total. The third kappa shape index (κ3) is 4.62. The summed E-state index contributed by atoms with van der Waals surface area (Å²) in [7, 11) is 0. The molecule has 4 rings (SSSR count). The molecule has 0 amide bonds. The lowest BCUT2D eigenvalue weighted by atomic mass is 9.96. The van der Waals surface area contributed by atoms with Crippen LogP contribution in [0.1, 0.15) is 31.0 Å². The summed E-state index contributed by atoms with van der Waals surface area (Å²) in [5, 5.41) is 21.3. The van der Waals surface area contributed by atoms with Crippen LogP contribution in [0.2, 0.25) is 0 Å². The predicted octanol–water partition coefficient (Wildman–Crippen LogP) is 3.16. The van der Waals surface area contributed by atoms with Crippen LogP contribution in [0.15, 0.2) is 57.5 Å². The van der Waals surface area contributed by atoms with E-state index in [1.807, 2.05) is 0 Å². The average molecular weight is 609 g/mol. The van der Waals surface area contributed by atoms with Crippen LogP contribution in [-0.4, -0.2) is 27.2 Å². The third-order valence-corrected chi connectivity index (χ3v) is 7.07. The van der Waals surface area contributed by atoms with Crippen LogP contribution in [0, 0.1) is 19.5 Å². The summed E-state index contributed by atoms with van der Waals surface area (Å²) in [5.74, 6) is -1.57. The van der Waals surface area contributed by atoms with E-state index in [1.165, 1.54) is 47.0 Å². The molecule has 1 aromatic heterocycles. The molecule has 1 N–H and O–H groups in total. The fourth-order valence-corrected chi connectivity index (χ4v) is 5.41. The Kier molecular flexibility index (Phi) is 6.85. The second-order valence-corrected chi connectivity index (χ2v) is 9.65. The van der Waals surface area contributed by atoms with Gasteiger partial charge in [0.15, 0.2) is 4.80 Å². The van der Waals surface area contributed by atoms with Gasteiger partial charge < -0.3 is 9.84 Å². The van der Waals surface area contributed by atoms with Gasteiger partial charge in [-0.1, -0.05) is 23.5 Å². The van der Waals surface area contributed by atoms with Crippen molar-refractivity contribution in [1.82, 2.24) is 4.57 Å². The number of aromatic hydroxyl groups is 1. The Bertz CT molecular complexity index is 1580. The van der Waals surface area contributed by atoms with E-state index in [0.29, 0.717) is 21.6 Å². The van der Waals surface area contributed by atoms with Crippen molar-refractivity contribution < 1.29 is 24.0 Å². The van der Waals surface area contributed by atoms with Crippen molar-refractivity contribution in [1.29, 1.82) is 0 Å². The van der Waals surface area contributed by atoms with Gasteiger partial charge in [-0.2, -0.15) is 0 Å². The molecule has 1 atom stereocenters. The fraction of sp³-hybridized carbons (Fsp3) is 0.174. The Morgan fingerprint density at radius 2 is 2.06 bits per heavy atom. The van der Waals surface area contributed by atoms with Gasteiger partial charge in [0.05, 0.1) is 36.9 Å². The predicted molar refractivity (Wildman–Crippen MR) is 134 cm³/mol. The molecule has 0 spiro atoms. The number of benzene rings is 2. The summed E-state index contributed by atoms with van der Waals surface area (Å²) in [6.45, 7) is 3.41. The molecule has 0 radical (unpaired) electrons. The highest BCUT2D eigenvalue weighted by Crippen LogP contribution is 2.33. The van der Waals surface area contributed by atoms with Gasteiger partial charge in [0, 0.05) is 6.07 Å². The lowest BCUT2D eigenvalue weighted by Crippen LogP contribution is -2.39. The van der Waals surface area contributed by atoms with Crippen LogP contribution in [0.5, 0.6) is 5.75 Å². The maximum atomic E-state index is 13.6. The number of nitrogens with zero attached hydrogens (tertiary/aromatic N) is 3. The Balaban J connectivity index is 1.96. The molecule has 0 fully saturated rings. The van der Waals surface area contributed by atoms with Crippen molar-refractivity contribution in [2.24, 2.45) is 4.99 Å².